The van der Waals surface area contributed by atoms with Gasteiger partial charge in [-0.25, -0.2) is 0 Å². The van der Waals surface area contributed by atoms with E-state index in [9.17, 15) is 0 Å². The van der Waals surface area contributed by atoms with E-state index in [1.54, 1.807) is 0 Å². The van der Waals surface area contributed by atoms with Crippen LogP contribution >= 0.6 is 0 Å². The van der Waals surface area contributed by atoms with Gasteiger partial charge >= 0.3 is 0 Å². The highest BCUT2D eigenvalue weighted by molar-refractivity contribution is 4.95. The number of hydrazine groups is 1. The van der Waals surface area contributed by atoms with Crippen molar-refractivity contribution in [1.29, 1.82) is 0 Å². The summed E-state index contributed by atoms with van der Waals surface area (Å²) in [6, 6.07) is 0.341. The zero-order valence-electron chi connectivity index (χ0n) is 10.1. The molecule has 1 aliphatic rings. The molecule has 1 fully saturated rings. The Morgan fingerprint density at radius 3 is 2.53 bits per heavy atom. The molecule has 0 aromatic rings. The van der Waals surface area contributed by atoms with Crippen LogP contribution in [0.25, 0.3) is 0 Å². The lowest BCUT2D eigenvalue weighted by molar-refractivity contribution is 0.103. The highest BCUT2D eigenvalue weighted by atomic mass is 15.3. The van der Waals surface area contributed by atoms with E-state index in [0.717, 1.165) is 12.8 Å². The van der Waals surface area contributed by atoms with Gasteiger partial charge in [-0.05, 0) is 52.6 Å². The van der Waals surface area contributed by atoms with Crippen LogP contribution in [0.15, 0.2) is 12.7 Å². The predicted octanol–water partition coefficient (Wildman–Crippen LogP) is 1.66. The van der Waals surface area contributed by atoms with Gasteiger partial charge in [-0.2, -0.15) is 0 Å². The van der Waals surface area contributed by atoms with E-state index in [1.807, 2.05) is 6.08 Å². The van der Waals surface area contributed by atoms with Gasteiger partial charge < -0.3 is 0 Å². The monoisotopic (exact) mass is 211 g/mol. The second-order valence-corrected chi connectivity index (χ2v) is 4.93. The number of allylic oxidation sites excluding steroid dienone is 1. The van der Waals surface area contributed by atoms with Crippen LogP contribution in [0.5, 0.6) is 0 Å². The van der Waals surface area contributed by atoms with Crippen LogP contribution in [-0.4, -0.2) is 29.6 Å². The van der Waals surface area contributed by atoms with Gasteiger partial charge in [0.15, 0.2) is 0 Å². The molecule has 0 aromatic carbocycles. The fraction of sp³-hybridized carbons (Fsp3) is 0.833. The number of rotatable bonds is 6. The van der Waals surface area contributed by atoms with Gasteiger partial charge in [0, 0.05) is 11.6 Å². The second kappa shape index (κ2) is 5.64. The maximum absolute atomic E-state index is 5.66. The summed E-state index contributed by atoms with van der Waals surface area (Å²) in [5.74, 6) is 5.66. The Balaban J connectivity index is 2.57. The molecule has 3 nitrogen and oxygen atoms in total. The number of nitrogens with one attached hydrogen (secondary N) is 1. The molecule has 1 unspecified atom stereocenters. The third-order valence-electron chi connectivity index (χ3n) is 3.63. The van der Waals surface area contributed by atoms with Crippen molar-refractivity contribution in [3.05, 3.63) is 12.7 Å². The van der Waals surface area contributed by atoms with Crippen molar-refractivity contribution >= 4 is 0 Å². The number of nitrogens with two attached hydrogens (primary N) is 1. The summed E-state index contributed by atoms with van der Waals surface area (Å²) in [6.45, 7) is 10.7. The Labute approximate surface area is 93.7 Å². The number of nitrogens with zero attached hydrogens (tertiary/aromatic N) is 1. The van der Waals surface area contributed by atoms with Crippen molar-refractivity contribution in [2.75, 3.05) is 13.1 Å². The third-order valence-corrected chi connectivity index (χ3v) is 3.63. The van der Waals surface area contributed by atoms with Crippen molar-refractivity contribution in [3.63, 3.8) is 0 Å². The zero-order chi connectivity index (χ0) is 11.3. The number of hydrogen-bond donors (Lipinski definition) is 2. The normalized spacial score (nSPS) is 20.5. The standard InChI is InChI=1S/C12H25N3/c1-4-5-8-11(14-13)12(2,3)15-9-6-7-10-15/h4,11,14H,1,5-10,13H2,2-3H3. The fourth-order valence-corrected chi connectivity index (χ4v) is 2.44. The van der Waals surface area contributed by atoms with Gasteiger partial charge in [-0.1, -0.05) is 6.08 Å². The summed E-state index contributed by atoms with van der Waals surface area (Å²) in [5, 5.41) is 0. The maximum atomic E-state index is 5.66. The van der Waals surface area contributed by atoms with Crippen LogP contribution in [-0.2, 0) is 0 Å². The smallest absolute Gasteiger partial charge is 0.0392 e. The maximum Gasteiger partial charge on any atom is 0.0392 e. The first-order chi connectivity index (χ1) is 7.12. The van der Waals surface area contributed by atoms with Crippen LogP contribution in [0.2, 0.25) is 0 Å². The molecular formula is C12H25N3. The van der Waals surface area contributed by atoms with Crippen molar-refractivity contribution in [3.8, 4) is 0 Å². The Kier molecular flexibility index (Phi) is 4.77. The first-order valence-electron chi connectivity index (χ1n) is 5.95. The molecule has 0 spiro atoms. The van der Waals surface area contributed by atoms with Crippen molar-refractivity contribution in [1.82, 2.24) is 10.3 Å². The molecule has 3 heteroatoms. The quantitative estimate of drug-likeness (QED) is 0.399. The molecule has 0 saturated carbocycles. The highest BCUT2D eigenvalue weighted by Gasteiger charge is 2.35. The minimum atomic E-state index is 0.147. The van der Waals surface area contributed by atoms with Gasteiger partial charge in [-0.15, -0.1) is 6.58 Å². The molecule has 0 radical (unpaired) electrons. The summed E-state index contributed by atoms with van der Waals surface area (Å²) >= 11 is 0. The van der Waals surface area contributed by atoms with E-state index in [-0.39, 0.29) is 5.54 Å². The molecule has 0 aliphatic carbocycles. The first kappa shape index (κ1) is 12.7. The van der Waals surface area contributed by atoms with E-state index >= 15 is 0 Å². The Morgan fingerprint density at radius 1 is 1.47 bits per heavy atom. The van der Waals surface area contributed by atoms with Crippen LogP contribution in [0, 0.1) is 0 Å². The lowest BCUT2D eigenvalue weighted by Gasteiger charge is -2.41. The largest absolute Gasteiger partial charge is 0.297 e. The Morgan fingerprint density at radius 2 is 2.07 bits per heavy atom. The molecule has 0 aromatic heterocycles. The van der Waals surface area contributed by atoms with Crippen molar-refractivity contribution in [2.24, 2.45) is 5.84 Å². The van der Waals surface area contributed by atoms with E-state index in [0.29, 0.717) is 6.04 Å². The van der Waals surface area contributed by atoms with E-state index < -0.39 is 0 Å². The molecule has 15 heavy (non-hydrogen) atoms. The summed E-state index contributed by atoms with van der Waals surface area (Å²) in [5.41, 5.74) is 3.11. The molecule has 1 aliphatic heterocycles. The van der Waals surface area contributed by atoms with Crippen LogP contribution < -0.4 is 11.3 Å². The molecule has 3 N–H and O–H groups in total. The SMILES string of the molecule is C=CCCC(NN)C(C)(C)N1CCCC1. The molecule has 1 heterocycles. The van der Waals surface area contributed by atoms with Gasteiger partial charge in [-0.3, -0.25) is 16.2 Å². The van der Waals surface area contributed by atoms with E-state index in [2.05, 4.69) is 30.8 Å². The zero-order valence-corrected chi connectivity index (χ0v) is 10.1. The van der Waals surface area contributed by atoms with E-state index in [4.69, 9.17) is 5.84 Å². The molecule has 1 atom stereocenters. The number of hydrogen-bond acceptors (Lipinski definition) is 3. The Hall–Kier alpha value is -0.380. The minimum absolute atomic E-state index is 0.147. The first-order valence-corrected chi connectivity index (χ1v) is 5.95. The molecular weight excluding hydrogens is 186 g/mol. The average molecular weight is 211 g/mol. The fourth-order valence-electron chi connectivity index (χ4n) is 2.44. The summed E-state index contributed by atoms with van der Waals surface area (Å²) in [7, 11) is 0. The molecule has 1 rings (SSSR count). The van der Waals surface area contributed by atoms with Gasteiger partial charge in [0.2, 0.25) is 0 Å². The van der Waals surface area contributed by atoms with Crippen molar-refractivity contribution in [2.45, 2.75) is 51.1 Å². The van der Waals surface area contributed by atoms with Gasteiger partial charge in [0.1, 0.15) is 0 Å². The molecule has 0 bridgehead atoms. The molecule has 1 saturated heterocycles. The lowest BCUT2D eigenvalue weighted by Crippen LogP contribution is -2.58. The van der Waals surface area contributed by atoms with Gasteiger partial charge in [0.05, 0.1) is 0 Å². The minimum Gasteiger partial charge on any atom is -0.297 e. The van der Waals surface area contributed by atoms with Gasteiger partial charge in [0.25, 0.3) is 0 Å². The average Bonchev–Trinajstić information content (AvgIpc) is 2.72. The lowest BCUT2D eigenvalue weighted by atomic mass is 9.89. The molecule has 0 amide bonds. The number of likely N-dealkylation sites (tertiary alicyclic amines) is 1. The predicted molar refractivity (Wildman–Crippen MR) is 65.4 cm³/mol. The topological polar surface area (TPSA) is 41.3 Å². The Bertz CT molecular complexity index is 195. The van der Waals surface area contributed by atoms with Crippen LogP contribution in [0.3, 0.4) is 0 Å². The summed E-state index contributed by atoms with van der Waals surface area (Å²) in [4.78, 5) is 2.54. The highest BCUT2D eigenvalue weighted by Crippen LogP contribution is 2.26. The molecule has 88 valence electrons. The summed E-state index contributed by atoms with van der Waals surface area (Å²) in [6.07, 6.45) is 6.68. The van der Waals surface area contributed by atoms with Crippen molar-refractivity contribution < 1.29 is 0 Å². The van der Waals surface area contributed by atoms with E-state index in [1.165, 1.54) is 25.9 Å². The third kappa shape index (κ3) is 3.03. The van der Waals surface area contributed by atoms with Crippen LogP contribution in [0.1, 0.15) is 39.5 Å². The second-order valence-electron chi connectivity index (χ2n) is 4.93. The summed E-state index contributed by atoms with van der Waals surface area (Å²) < 4.78 is 0. The van der Waals surface area contributed by atoms with Crippen LogP contribution in [0.4, 0.5) is 0 Å².